The Morgan fingerprint density at radius 3 is 2.42 bits per heavy atom. The van der Waals surface area contributed by atoms with Crippen molar-refractivity contribution < 1.29 is 14.3 Å². The molecular weight excluding hydrogens is 242 g/mol. The minimum atomic E-state index is -1.18. The Morgan fingerprint density at radius 2 is 2.00 bits per heavy atom. The second kappa shape index (κ2) is 4.10. The highest BCUT2D eigenvalue weighted by atomic mass is 16.4. The molecule has 19 heavy (non-hydrogen) atoms. The standard InChI is InChI=1S/C15H23NO3/c1-13(2)11(14(13,3)4)12(17)16-9-15(5,18)10-7-6-8-19-10/h6-8,11,18H,9H2,1-5H3,(H,16,17). The molecule has 1 aliphatic carbocycles. The van der Waals surface area contributed by atoms with Gasteiger partial charge in [0.05, 0.1) is 12.8 Å². The highest BCUT2D eigenvalue weighted by Crippen LogP contribution is 2.68. The predicted molar refractivity (Wildman–Crippen MR) is 72.3 cm³/mol. The first-order chi connectivity index (χ1) is 8.61. The monoisotopic (exact) mass is 265 g/mol. The Kier molecular flexibility index (Phi) is 3.05. The van der Waals surface area contributed by atoms with E-state index in [1.807, 2.05) is 0 Å². The molecule has 1 heterocycles. The molecular formula is C15H23NO3. The van der Waals surface area contributed by atoms with E-state index in [9.17, 15) is 9.90 Å². The topological polar surface area (TPSA) is 62.5 Å². The molecule has 106 valence electrons. The third-order valence-corrected chi connectivity index (χ3v) is 4.94. The number of nitrogens with one attached hydrogen (secondary N) is 1. The van der Waals surface area contributed by atoms with Crippen LogP contribution in [0.5, 0.6) is 0 Å². The van der Waals surface area contributed by atoms with Crippen LogP contribution in [0, 0.1) is 16.7 Å². The van der Waals surface area contributed by atoms with Gasteiger partial charge in [0.25, 0.3) is 0 Å². The van der Waals surface area contributed by atoms with Crippen LogP contribution in [0.2, 0.25) is 0 Å². The van der Waals surface area contributed by atoms with Crippen LogP contribution in [0.15, 0.2) is 22.8 Å². The molecule has 0 aromatic carbocycles. The van der Waals surface area contributed by atoms with Crippen molar-refractivity contribution in [2.45, 2.75) is 40.2 Å². The minimum Gasteiger partial charge on any atom is -0.466 e. The Balaban J connectivity index is 1.96. The van der Waals surface area contributed by atoms with E-state index in [2.05, 4.69) is 33.0 Å². The summed E-state index contributed by atoms with van der Waals surface area (Å²) in [4.78, 5) is 12.2. The first-order valence-electron chi connectivity index (χ1n) is 6.65. The number of furan rings is 1. The fraction of sp³-hybridized carbons (Fsp3) is 0.667. The van der Waals surface area contributed by atoms with Crippen molar-refractivity contribution in [3.05, 3.63) is 24.2 Å². The van der Waals surface area contributed by atoms with Crippen molar-refractivity contribution in [1.82, 2.24) is 5.32 Å². The van der Waals surface area contributed by atoms with Crippen LogP contribution in [-0.2, 0) is 10.4 Å². The fourth-order valence-corrected chi connectivity index (χ4v) is 2.89. The average Bonchev–Trinajstić information content (AvgIpc) is 2.73. The van der Waals surface area contributed by atoms with Gasteiger partial charge in [-0.25, -0.2) is 0 Å². The number of rotatable bonds is 4. The van der Waals surface area contributed by atoms with Crippen molar-refractivity contribution in [3.8, 4) is 0 Å². The average molecular weight is 265 g/mol. The normalized spacial score (nSPS) is 23.7. The zero-order valence-corrected chi connectivity index (χ0v) is 12.3. The molecule has 0 aliphatic heterocycles. The van der Waals surface area contributed by atoms with Crippen molar-refractivity contribution in [2.24, 2.45) is 16.7 Å². The zero-order chi connectivity index (χ0) is 14.5. The molecule has 1 aliphatic rings. The van der Waals surface area contributed by atoms with E-state index >= 15 is 0 Å². The molecule has 4 nitrogen and oxygen atoms in total. The molecule has 0 spiro atoms. The molecule has 1 amide bonds. The van der Waals surface area contributed by atoms with E-state index in [0.29, 0.717) is 5.76 Å². The number of aliphatic hydroxyl groups is 1. The summed E-state index contributed by atoms with van der Waals surface area (Å²) < 4.78 is 5.19. The molecule has 1 fully saturated rings. The molecule has 1 unspecified atom stereocenters. The molecule has 0 bridgehead atoms. The van der Waals surface area contributed by atoms with Gasteiger partial charge in [0.2, 0.25) is 5.91 Å². The third-order valence-electron chi connectivity index (χ3n) is 4.94. The van der Waals surface area contributed by atoms with Gasteiger partial charge in [-0.3, -0.25) is 4.79 Å². The summed E-state index contributed by atoms with van der Waals surface area (Å²) in [6, 6.07) is 3.43. The van der Waals surface area contributed by atoms with E-state index in [1.165, 1.54) is 6.26 Å². The summed E-state index contributed by atoms with van der Waals surface area (Å²) in [5.41, 5.74) is -1.16. The van der Waals surface area contributed by atoms with E-state index in [4.69, 9.17) is 4.42 Å². The Bertz CT molecular complexity index is 458. The summed E-state index contributed by atoms with van der Waals surface area (Å²) >= 11 is 0. The van der Waals surface area contributed by atoms with Crippen molar-refractivity contribution in [3.63, 3.8) is 0 Å². The quantitative estimate of drug-likeness (QED) is 0.878. The largest absolute Gasteiger partial charge is 0.466 e. The molecule has 2 N–H and O–H groups in total. The molecule has 1 aromatic rings. The lowest BCUT2D eigenvalue weighted by Gasteiger charge is -2.21. The first kappa shape index (κ1) is 14.1. The van der Waals surface area contributed by atoms with Gasteiger partial charge in [0.15, 0.2) is 0 Å². The van der Waals surface area contributed by atoms with Crippen LogP contribution >= 0.6 is 0 Å². The van der Waals surface area contributed by atoms with E-state index in [-0.39, 0.29) is 29.2 Å². The summed E-state index contributed by atoms with van der Waals surface area (Å²) in [6.45, 7) is 10.2. The predicted octanol–water partition coefficient (Wildman–Crippen LogP) is 2.29. The maximum Gasteiger partial charge on any atom is 0.224 e. The molecule has 1 atom stereocenters. The van der Waals surface area contributed by atoms with Gasteiger partial charge >= 0.3 is 0 Å². The van der Waals surface area contributed by atoms with Crippen molar-refractivity contribution >= 4 is 5.91 Å². The lowest BCUT2D eigenvalue weighted by atomic mass is 10.0. The van der Waals surface area contributed by atoms with Gasteiger partial charge in [0.1, 0.15) is 11.4 Å². The Hall–Kier alpha value is -1.29. The Morgan fingerprint density at radius 1 is 1.42 bits per heavy atom. The van der Waals surface area contributed by atoms with Gasteiger partial charge < -0.3 is 14.8 Å². The lowest BCUT2D eigenvalue weighted by molar-refractivity contribution is -0.124. The summed E-state index contributed by atoms with van der Waals surface area (Å²) in [6.07, 6.45) is 1.51. The van der Waals surface area contributed by atoms with Crippen molar-refractivity contribution in [1.29, 1.82) is 0 Å². The van der Waals surface area contributed by atoms with E-state index < -0.39 is 5.60 Å². The van der Waals surface area contributed by atoms with Crippen LogP contribution < -0.4 is 5.32 Å². The van der Waals surface area contributed by atoms with Gasteiger partial charge in [0, 0.05) is 5.92 Å². The van der Waals surface area contributed by atoms with Gasteiger partial charge in [-0.2, -0.15) is 0 Å². The van der Waals surface area contributed by atoms with E-state index in [0.717, 1.165) is 0 Å². The number of amides is 1. The lowest BCUT2D eigenvalue weighted by Crippen LogP contribution is -2.39. The molecule has 2 rings (SSSR count). The van der Waals surface area contributed by atoms with Crippen molar-refractivity contribution in [2.75, 3.05) is 6.54 Å². The Labute approximate surface area is 114 Å². The van der Waals surface area contributed by atoms with Gasteiger partial charge in [-0.05, 0) is 29.9 Å². The highest BCUT2D eigenvalue weighted by molar-refractivity contribution is 5.84. The third kappa shape index (κ3) is 2.18. The first-order valence-corrected chi connectivity index (χ1v) is 6.65. The number of carbonyl (C=O) groups excluding carboxylic acids is 1. The molecule has 1 aromatic heterocycles. The minimum absolute atomic E-state index is 0.00170. The number of hydrogen-bond donors (Lipinski definition) is 2. The van der Waals surface area contributed by atoms with Crippen LogP contribution in [0.3, 0.4) is 0 Å². The van der Waals surface area contributed by atoms with Crippen LogP contribution in [0.4, 0.5) is 0 Å². The molecule has 4 heteroatoms. The maximum atomic E-state index is 12.2. The fourth-order valence-electron chi connectivity index (χ4n) is 2.89. The smallest absolute Gasteiger partial charge is 0.224 e. The zero-order valence-electron chi connectivity index (χ0n) is 12.3. The van der Waals surface area contributed by atoms with Gasteiger partial charge in [-0.15, -0.1) is 0 Å². The van der Waals surface area contributed by atoms with Gasteiger partial charge in [-0.1, -0.05) is 27.7 Å². The maximum absolute atomic E-state index is 12.2. The van der Waals surface area contributed by atoms with E-state index in [1.54, 1.807) is 19.1 Å². The second-order valence-corrected chi connectivity index (χ2v) is 6.85. The molecule has 0 saturated heterocycles. The summed E-state index contributed by atoms with van der Waals surface area (Å²) in [7, 11) is 0. The van der Waals surface area contributed by atoms with Crippen LogP contribution in [0.1, 0.15) is 40.4 Å². The number of carbonyl (C=O) groups is 1. The SMILES string of the molecule is CC(O)(CNC(=O)C1C(C)(C)C1(C)C)c1ccco1. The molecule has 1 saturated carbocycles. The summed E-state index contributed by atoms with van der Waals surface area (Å²) in [5.74, 6) is 0.455. The molecule has 0 radical (unpaired) electrons. The van der Waals surface area contributed by atoms with Crippen LogP contribution in [0.25, 0.3) is 0 Å². The summed E-state index contributed by atoms with van der Waals surface area (Å²) in [5, 5.41) is 13.1. The number of hydrogen-bond acceptors (Lipinski definition) is 3. The van der Waals surface area contributed by atoms with Crippen LogP contribution in [-0.4, -0.2) is 17.6 Å². The highest BCUT2D eigenvalue weighted by Gasteiger charge is 2.68. The second-order valence-electron chi connectivity index (χ2n) is 6.85.